The van der Waals surface area contributed by atoms with Crippen molar-refractivity contribution in [3.63, 3.8) is 0 Å². The summed E-state index contributed by atoms with van der Waals surface area (Å²) in [4.78, 5) is 0. The fourth-order valence-corrected chi connectivity index (χ4v) is 3.40. The topological polar surface area (TPSA) is 17.8 Å². The summed E-state index contributed by atoms with van der Waals surface area (Å²) in [5.74, 6) is 0. The number of hydrogen-bond acceptors (Lipinski definition) is 1. The minimum Gasteiger partial charge on any atom is -0.266 e. The molecule has 1 heterocycles. The number of aryl methyl sites for hydroxylation is 4. The van der Waals surface area contributed by atoms with Gasteiger partial charge in [-0.05, 0) is 64.2 Å². The summed E-state index contributed by atoms with van der Waals surface area (Å²) >= 11 is 0. The molecule has 0 saturated heterocycles. The predicted octanol–water partition coefficient (Wildman–Crippen LogP) is 5.18. The van der Waals surface area contributed by atoms with E-state index in [0.29, 0.717) is 6.04 Å². The van der Waals surface area contributed by atoms with Gasteiger partial charge < -0.3 is 0 Å². The maximum atomic E-state index is 4.90. The fourth-order valence-electron chi connectivity index (χ4n) is 3.40. The van der Waals surface area contributed by atoms with Crippen LogP contribution in [0.15, 0.2) is 12.1 Å². The third-order valence-corrected chi connectivity index (χ3v) is 4.17. The minimum atomic E-state index is 0. The molecule has 0 aliphatic heterocycles. The van der Waals surface area contributed by atoms with Gasteiger partial charge in [0.25, 0.3) is 0 Å². The van der Waals surface area contributed by atoms with E-state index in [1.807, 2.05) is 0 Å². The summed E-state index contributed by atoms with van der Waals surface area (Å²) < 4.78 is 2.22. The molecular formula is C19H28N2Pt. The van der Waals surface area contributed by atoms with Gasteiger partial charge in [-0.25, -0.2) is 0 Å². The van der Waals surface area contributed by atoms with E-state index in [1.165, 1.54) is 39.2 Å². The smallest absolute Gasteiger partial charge is 0.0703 e. The third kappa shape index (κ3) is 3.38. The summed E-state index contributed by atoms with van der Waals surface area (Å²) in [5.41, 5.74) is 9.43. The van der Waals surface area contributed by atoms with Gasteiger partial charge in [0.1, 0.15) is 0 Å². The molecule has 2 rings (SSSR count). The second kappa shape index (κ2) is 7.59. The molecule has 3 heteroatoms. The fraction of sp³-hybridized carbons (Fsp3) is 0.526. The standard InChI is InChI=1S/C19H28N2.Pt/c1-8-16-19(17(9-2)21(20-16)12(3)4)18-14(6)10-13(5)11-15(18)7;/h10-12H,8-9H2,1-7H3;. The van der Waals surface area contributed by atoms with Crippen molar-refractivity contribution in [1.82, 2.24) is 9.78 Å². The average molecular weight is 480 g/mol. The molecule has 0 amide bonds. The zero-order valence-electron chi connectivity index (χ0n) is 14.9. The van der Waals surface area contributed by atoms with Gasteiger partial charge in [-0.3, -0.25) is 4.68 Å². The molecule has 2 aromatic rings. The molecule has 1 aromatic heterocycles. The van der Waals surface area contributed by atoms with Crippen LogP contribution in [0.2, 0.25) is 0 Å². The van der Waals surface area contributed by atoms with Crippen LogP contribution in [0.3, 0.4) is 0 Å². The molecule has 0 bridgehead atoms. The quantitative estimate of drug-likeness (QED) is 0.591. The number of hydrogen-bond donors (Lipinski definition) is 0. The molecule has 124 valence electrons. The van der Waals surface area contributed by atoms with Crippen LogP contribution in [0.5, 0.6) is 0 Å². The largest absolute Gasteiger partial charge is 0.266 e. The molecule has 0 spiro atoms. The Kier molecular flexibility index (Phi) is 6.62. The molecule has 0 aliphatic rings. The second-order valence-corrected chi connectivity index (χ2v) is 6.29. The molecule has 0 N–H and O–H groups in total. The summed E-state index contributed by atoms with van der Waals surface area (Å²) in [5, 5.41) is 4.90. The van der Waals surface area contributed by atoms with Crippen molar-refractivity contribution in [2.75, 3.05) is 0 Å². The number of rotatable bonds is 4. The van der Waals surface area contributed by atoms with Gasteiger partial charge in [0.2, 0.25) is 0 Å². The van der Waals surface area contributed by atoms with Gasteiger partial charge in [0.05, 0.1) is 5.69 Å². The van der Waals surface area contributed by atoms with Crippen molar-refractivity contribution < 1.29 is 21.1 Å². The Hall–Kier alpha value is -0.882. The first-order valence-corrected chi connectivity index (χ1v) is 8.09. The van der Waals surface area contributed by atoms with E-state index in [4.69, 9.17) is 5.10 Å². The summed E-state index contributed by atoms with van der Waals surface area (Å²) in [7, 11) is 0. The predicted molar refractivity (Wildman–Crippen MR) is 91.0 cm³/mol. The molecule has 2 nitrogen and oxygen atoms in total. The van der Waals surface area contributed by atoms with Crippen LogP contribution >= 0.6 is 0 Å². The van der Waals surface area contributed by atoms with Crippen LogP contribution in [0.4, 0.5) is 0 Å². The average Bonchev–Trinajstić information content (AvgIpc) is 2.76. The van der Waals surface area contributed by atoms with Gasteiger partial charge in [-0.1, -0.05) is 31.5 Å². The first kappa shape index (κ1) is 19.2. The second-order valence-electron chi connectivity index (χ2n) is 6.29. The van der Waals surface area contributed by atoms with E-state index in [1.54, 1.807) is 0 Å². The molecule has 22 heavy (non-hydrogen) atoms. The Morgan fingerprint density at radius 2 is 1.50 bits per heavy atom. The van der Waals surface area contributed by atoms with Gasteiger partial charge in [-0.15, -0.1) is 0 Å². The molecular weight excluding hydrogens is 451 g/mol. The first-order chi connectivity index (χ1) is 9.90. The minimum absolute atomic E-state index is 0. The van der Waals surface area contributed by atoms with E-state index in [2.05, 4.69) is 65.3 Å². The van der Waals surface area contributed by atoms with E-state index >= 15 is 0 Å². The van der Waals surface area contributed by atoms with Gasteiger partial charge in [0, 0.05) is 38.4 Å². The Bertz CT molecular complexity index is 631. The Morgan fingerprint density at radius 3 is 1.91 bits per heavy atom. The van der Waals surface area contributed by atoms with Crippen LogP contribution in [-0.4, -0.2) is 9.78 Å². The number of nitrogens with zero attached hydrogens (tertiary/aromatic N) is 2. The molecule has 0 unspecified atom stereocenters. The maximum Gasteiger partial charge on any atom is 0.0703 e. The first-order valence-electron chi connectivity index (χ1n) is 8.09. The van der Waals surface area contributed by atoms with Crippen molar-refractivity contribution in [1.29, 1.82) is 0 Å². The van der Waals surface area contributed by atoms with E-state index < -0.39 is 0 Å². The molecule has 0 fully saturated rings. The van der Waals surface area contributed by atoms with Crippen molar-refractivity contribution in [2.24, 2.45) is 0 Å². The van der Waals surface area contributed by atoms with Gasteiger partial charge >= 0.3 is 0 Å². The number of aromatic nitrogens is 2. The van der Waals surface area contributed by atoms with Gasteiger partial charge in [0.15, 0.2) is 0 Å². The molecule has 1 aromatic carbocycles. The Balaban J connectivity index is 0.00000242. The van der Waals surface area contributed by atoms with Crippen molar-refractivity contribution in [2.45, 2.75) is 67.3 Å². The summed E-state index contributed by atoms with van der Waals surface area (Å²) in [6.45, 7) is 15.5. The zero-order chi connectivity index (χ0) is 15.7. The van der Waals surface area contributed by atoms with Crippen LogP contribution in [-0.2, 0) is 33.9 Å². The van der Waals surface area contributed by atoms with E-state index in [0.717, 1.165) is 12.8 Å². The van der Waals surface area contributed by atoms with Gasteiger partial charge in [-0.2, -0.15) is 5.10 Å². The van der Waals surface area contributed by atoms with Crippen LogP contribution in [0.25, 0.3) is 11.1 Å². The van der Waals surface area contributed by atoms with Crippen LogP contribution in [0, 0.1) is 20.8 Å². The summed E-state index contributed by atoms with van der Waals surface area (Å²) in [6.07, 6.45) is 2.00. The van der Waals surface area contributed by atoms with E-state index in [9.17, 15) is 0 Å². The maximum absolute atomic E-state index is 4.90. The van der Waals surface area contributed by atoms with Crippen LogP contribution in [0.1, 0.15) is 61.8 Å². The summed E-state index contributed by atoms with van der Waals surface area (Å²) in [6, 6.07) is 4.98. The van der Waals surface area contributed by atoms with Crippen molar-refractivity contribution in [3.8, 4) is 11.1 Å². The van der Waals surface area contributed by atoms with E-state index in [-0.39, 0.29) is 21.1 Å². The molecule has 0 aliphatic carbocycles. The zero-order valence-corrected chi connectivity index (χ0v) is 17.1. The third-order valence-electron chi connectivity index (χ3n) is 4.17. The Labute approximate surface area is 149 Å². The molecule has 0 atom stereocenters. The monoisotopic (exact) mass is 479 g/mol. The normalized spacial score (nSPS) is 10.9. The van der Waals surface area contributed by atoms with Crippen molar-refractivity contribution in [3.05, 3.63) is 40.2 Å². The van der Waals surface area contributed by atoms with Crippen molar-refractivity contribution >= 4 is 0 Å². The Morgan fingerprint density at radius 1 is 0.955 bits per heavy atom. The number of benzene rings is 1. The van der Waals surface area contributed by atoms with Crippen LogP contribution < -0.4 is 0 Å². The molecule has 0 radical (unpaired) electrons. The SMILES string of the molecule is CCc1nn(C(C)C)c(CC)c1-c1c(C)cc(C)cc1C.[Pt]. The molecule has 0 saturated carbocycles.